The normalized spacial score (nSPS) is 20.8. The van der Waals surface area contributed by atoms with Crippen molar-refractivity contribution in [2.24, 2.45) is 0 Å². The lowest BCUT2D eigenvalue weighted by atomic mass is 10.1. The van der Waals surface area contributed by atoms with Crippen LogP contribution in [0.1, 0.15) is 44.3 Å². The van der Waals surface area contributed by atoms with Gasteiger partial charge in [0, 0.05) is 17.7 Å². The van der Waals surface area contributed by atoms with Gasteiger partial charge in [0.15, 0.2) is 0 Å². The standard InChI is InChI=1S/C21H21NO2S2/c23-20-19(26-21(25)22(20)16-10-6-1-2-7-11-16)14-17-12-13-18(24-17)15-8-4-3-5-9-15/h3-5,8-9,12-14,16H,1-2,6-7,10-11H2. The average molecular weight is 384 g/mol. The molecule has 1 aliphatic carbocycles. The number of amides is 1. The lowest BCUT2D eigenvalue weighted by Crippen LogP contribution is -2.38. The molecule has 2 fully saturated rings. The van der Waals surface area contributed by atoms with Crippen LogP contribution in [0.25, 0.3) is 17.4 Å². The zero-order valence-electron chi connectivity index (χ0n) is 14.5. The zero-order valence-corrected chi connectivity index (χ0v) is 16.2. The van der Waals surface area contributed by atoms with Crippen LogP contribution in [0.2, 0.25) is 0 Å². The summed E-state index contributed by atoms with van der Waals surface area (Å²) in [7, 11) is 0. The first-order valence-electron chi connectivity index (χ1n) is 9.15. The molecule has 0 bridgehead atoms. The van der Waals surface area contributed by atoms with E-state index in [9.17, 15) is 4.79 Å². The van der Waals surface area contributed by atoms with E-state index in [1.165, 1.54) is 37.4 Å². The van der Waals surface area contributed by atoms with Gasteiger partial charge in [-0.05, 0) is 25.0 Å². The smallest absolute Gasteiger partial charge is 0.266 e. The SMILES string of the molecule is O=C1C(=Cc2ccc(-c3ccccc3)o2)SC(=S)N1C1CCCCCC1. The number of thiocarbonyl (C=S) groups is 1. The summed E-state index contributed by atoms with van der Waals surface area (Å²) in [6.45, 7) is 0. The first-order valence-corrected chi connectivity index (χ1v) is 10.4. The molecule has 0 unspecified atom stereocenters. The van der Waals surface area contributed by atoms with Crippen molar-refractivity contribution in [1.82, 2.24) is 4.90 Å². The maximum atomic E-state index is 12.9. The fraction of sp³-hybridized carbons (Fsp3) is 0.333. The Bertz CT molecular complexity index is 833. The van der Waals surface area contributed by atoms with E-state index in [0.29, 0.717) is 15.0 Å². The monoisotopic (exact) mass is 383 g/mol. The van der Waals surface area contributed by atoms with Gasteiger partial charge < -0.3 is 4.42 Å². The summed E-state index contributed by atoms with van der Waals surface area (Å²) in [6.07, 6.45) is 8.81. The van der Waals surface area contributed by atoms with E-state index in [0.717, 1.165) is 24.2 Å². The van der Waals surface area contributed by atoms with Crippen LogP contribution in [0.15, 0.2) is 51.8 Å². The van der Waals surface area contributed by atoms with E-state index in [4.69, 9.17) is 16.6 Å². The molecule has 0 spiro atoms. The number of thioether (sulfide) groups is 1. The second-order valence-corrected chi connectivity index (χ2v) is 8.44. The van der Waals surface area contributed by atoms with Gasteiger partial charge in [-0.15, -0.1) is 0 Å². The number of hydrogen-bond acceptors (Lipinski definition) is 4. The Hall–Kier alpha value is -1.85. The zero-order chi connectivity index (χ0) is 17.9. The molecule has 0 radical (unpaired) electrons. The van der Waals surface area contributed by atoms with E-state index in [1.807, 2.05) is 53.4 Å². The van der Waals surface area contributed by atoms with Gasteiger partial charge in [-0.25, -0.2) is 0 Å². The maximum Gasteiger partial charge on any atom is 0.266 e. The van der Waals surface area contributed by atoms with Gasteiger partial charge in [0.05, 0.1) is 4.91 Å². The van der Waals surface area contributed by atoms with Crippen LogP contribution in [-0.2, 0) is 4.79 Å². The first kappa shape index (κ1) is 17.6. The van der Waals surface area contributed by atoms with Crippen LogP contribution < -0.4 is 0 Å². The fourth-order valence-corrected chi connectivity index (χ4v) is 5.01. The van der Waals surface area contributed by atoms with Gasteiger partial charge in [-0.2, -0.15) is 0 Å². The minimum atomic E-state index is 0.0320. The number of hydrogen-bond donors (Lipinski definition) is 0. The van der Waals surface area contributed by atoms with E-state index in [-0.39, 0.29) is 11.9 Å². The Labute approximate surface area is 163 Å². The van der Waals surface area contributed by atoms with Crippen LogP contribution in [0, 0.1) is 0 Å². The minimum Gasteiger partial charge on any atom is -0.457 e. The average Bonchev–Trinajstić information content (AvgIpc) is 3.11. The lowest BCUT2D eigenvalue weighted by Gasteiger charge is -2.25. The van der Waals surface area contributed by atoms with Crippen LogP contribution in [0.5, 0.6) is 0 Å². The quantitative estimate of drug-likeness (QED) is 0.377. The van der Waals surface area contributed by atoms with E-state index in [1.54, 1.807) is 0 Å². The molecular weight excluding hydrogens is 362 g/mol. The molecule has 0 atom stereocenters. The fourth-order valence-electron chi connectivity index (χ4n) is 3.63. The molecule has 2 aliphatic rings. The number of carbonyl (C=O) groups excluding carboxylic acids is 1. The third-order valence-corrected chi connectivity index (χ3v) is 6.30. The van der Waals surface area contributed by atoms with Crippen LogP contribution in [-0.4, -0.2) is 21.2 Å². The van der Waals surface area contributed by atoms with Crippen LogP contribution >= 0.6 is 24.0 Å². The van der Waals surface area contributed by atoms with Crippen LogP contribution in [0.3, 0.4) is 0 Å². The molecule has 4 rings (SSSR count). The van der Waals surface area contributed by atoms with Gasteiger partial charge in [-0.1, -0.05) is 80.0 Å². The lowest BCUT2D eigenvalue weighted by molar-refractivity contribution is -0.123. The van der Waals surface area contributed by atoms with Gasteiger partial charge in [0.2, 0.25) is 0 Å². The number of rotatable bonds is 3. The topological polar surface area (TPSA) is 33.5 Å². The van der Waals surface area contributed by atoms with Gasteiger partial charge in [0.25, 0.3) is 5.91 Å². The molecule has 1 saturated heterocycles. The molecule has 1 aromatic carbocycles. The molecule has 134 valence electrons. The molecule has 3 nitrogen and oxygen atoms in total. The Balaban J connectivity index is 1.54. The molecule has 0 N–H and O–H groups in total. The van der Waals surface area contributed by atoms with Crippen molar-refractivity contribution in [3.63, 3.8) is 0 Å². The number of nitrogens with zero attached hydrogens (tertiary/aromatic N) is 1. The summed E-state index contributed by atoms with van der Waals surface area (Å²) in [5.41, 5.74) is 1.03. The van der Waals surface area contributed by atoms with Crippen molar-refractivity contribution >= 4 is 40.3 Å². The summed E-state index contributed by atoms with van der Waals surface area (Å²) in [5, 5.41) is 0. The highest BCUT2D eigenvalue weighted by molar-refractivity contribution is 8.26. The predicted molar refractivity (Wildman–Crippen MR) is 111 cm³/mol. The Kier molecular flexibility index (Phi) is 5.27. The molecule has 1 aliphatic heterocycles. The number of carbonyl (C=O) groups is 1. The Morgan fingerprint density at radius 3 is 2.50 bits per heavy atom. The highest BCUT2D eigenvalue weighted by atomic mass is 32.2. The van der Waals surface area contributed by atoms with Gasteiger partial charge in [0.1, 0.15) is 15.8 Å². The molecule has 1 aromatic heterocycles. The Morgan fingerprint density at radius 1 is 1.04 bits per heavy atom. The molecule has 5 heteroatoms. The summed E-state index contributed by atoms with van der Waals surface area (Å²) in [5.74, 6) is 1.52. The van der Waals surface area contributed by atoms with Gasteiger partial charge in [-0.3, -0.25) is 9.69 Å². The highest BCUT2D eigenvalue weighted by Gasteiger charge is 2.37. The molecule has 26 heavy (non-hydrogen) atoms. The van der Waals surface area contributed by atoms with Crippen molar-refractivity contribution in [3.05, 3.63) is 53.1 Å². The van der Waals surface area contributed by atoms with Crippen molar-refractivity contribution in [3.8, 4) is 11.3 Å². The third-order valence-electron chi connectivity index (χ3n) is 4.97. The highest BCUT2D eigenvalue weighted by Crippen LogP contribution is 2.37. The van der Waals surface area contributed by atoms with Crippen LogP contribution in [0.4, 0.5) is 0 Å². The second-order valence-electron chi connectivity index (χ2n) is 6.77. The van der Waals surface area contributed by atoms with Crippen molar-refractivity contribution < 1.29 is 9.21 Å². The van der Waals surface area contributed by atoms with Crippen molar-refractivity contribution in [2.75, 3.05) is 0 Å². The summed E-state index contributed by atoms with van der Waals surface area (Å²) < 4.78 is 6.60. The summed E-state index contributed by atoms with van der Waals surface area (Å²) >= 11 is 6.91. The predicted octanol–water partition coefficient (Wildman–Crippen LogP) is 5.87. The van der Waals surface area contributed by atoms with Gasteiger partial charge >= 0.3 is 0 Å². The minimum absolute atomic E-state index is 0.0320. The second kappa shape index (κ2) is 7.80. The third kappa shape index (κ3) is 3.64. The van der Waals surface area contributed by atoms with E-state index in [2.05, 4.69) is 0 Å². The molecule has 2 aromatic rings. The number of benzene rings is 1. The molecule has 1 amide bonds. The van der Waals surface area contributed by atoms with E-state index < -0.39 is 0 Å². The molecule has 2 heterocycles. The maximum absolute atomic E-state index is 12.9. The van der Waals surface area contributed by atoms with Crippen molar-refractivity contribution in [2.45, 2.75) is 44.6 Å². The van der Waals surface area contributed by atoms with Crippen molar-refractivity contribution in [1.29, 1.82) is 0 Å². The van der Waals surface area contributed by atoms with E-state index >= 15 is 0 Å². The summed E-state index contributed by atoms with van der Waals surface area (Å²) in [6, 6.07) is 14.1. The summed E-state index contributed by atoms with van der Waals surface area (Å²) in [4.78, 5) is 15.4. The number of furan rings is 1. The molecular formula is C21H21NO2S2. The largest absolute Gasteiger partial charge is 0.457 e. The Morgan fingerprint density at radius 2 is 1.77 bits per heavy atom. The molecule has 1 saturated carbocycles. The first-order chi connectivity index (χ1) is 12.7.